The highest BCUT2D eigenvalue weighted by atomic mass is 32.1. The molecule has 0 N–H and O–H groups in total. The first-order valence-corrected chi connectivity index (χ1v) is 8.06. The molecular weight excluding hydrogens is 282 g/mol. The number of rotatable bonds is 5. The second-order valence-electron chi connectivity index (χ2n) is 5.43. The van der Waals surface area contributed by atoms with Gasteiger partial charge in [-0.3, -0.25) is 4.79 Å². The van der Waals surface area contributed by atoms with Crippen LogP contribution in [0.15, 0.2) is 11.4 Å². The Balaban J connectivity index is 1.83. The summed E-state index contributed by atoms with van der Waals surface area (Å²) in [6, 6.07) is 1.26. The third kappa shape index (κ3) is 4.01. The molecule has 1 fully saturated rings. The SMILES string of the molecule is CCCC1CCC(C(=O)Oc2cc(C(F)F)cs2)CC1. The zero-order valence-electron chi connectivity index (χ0n) is 11.6. The van der Waals surface area contributed by atoms with Crippen LogP contribution in [0.5, 0.6) is 5.06 Å². The number of halogens is 2. The van der Waals surface area contributed by atoms with E-state index in [4.69, 9.17) is 4.74 Å². The molecule has 0 unspecified atom stereocenters. The number of ether oxygens (including phenoxy) is 1. The van der Waals surface area contributed by atoms with Gasteiger partial charge >= 0.3 is 5.97 Å². The predicted octanol–water partition coefficient (Wildman–Crippen LogP) is 5.20. The van der Waals surface area contributed by atoms with E-state index in [0.717, 1.165) is 42.9 Å². The van der Waals surface area contributed by atoms with E-state index in [2.05, 4.69) is 6.92 Å². The lowest BCUT2D eigenvalue weighted by Crippen LogP contribution is -2.25. The van der Waals surface area contributed by atoms with Crippen LogP contribution in [-0.4, -0.2) is 5.97 Å². The van der Waals surface area contributed by atoms with Gasteiger partial charge in [0, 0.05) is 17.0 Å². The van der Waals surface area contributed by atoms with Crippen LogP contribution in [0.4, 0.5) is 8.78 Å². The first kappa shape index (κ1) is 15.4. The fourth-order valence-corrected chi connectivity index (χ4v) is 3.53. The summed E-state index contributed by atoms with van der Waals surface area (Å²) in [6.45, 7) is 2.18. The summed E-state index contributed by atoms with van der Waals surface area (Å²) in [4.78, 5) is 12.0. The molecule has 0 atom stereocenters. The van der Waals surface area contributed by atoms with E-state index >= 15 is 0 Å². The summed E-state index contributed by atoms with van der Waals surface area (Å²) in [5.41, 5.74) is -0.0792. The highest BCUT2D eigenvalue weighted by molar-refractivity contribution is 7.12. The maximum Gasteiger partial charge on any atom is 0.315 e. The van der Waals surface area contributed by atoms with Gasteiger partial charge in [-0.05, 0) is 31.6 Å². The van der Waals surface area contributed by atoms with Gasteiger partial charge in [-0.15, -0.1) is 11.3 Å². The third-order valence-electron chi connectivity index (χ3n) is 3.93. The standard InChI is InChI=1S/C15H20F2O2S/c1-2-3-10-4-6-11(7-5-10)15(18)19-13-8-12(9-20-13)14(16)17/h8-11,14H,2-7H2,1H3. The lowest BCUT2D eigenvalue weighted by molar-refractivity contribution is -0.140. The largest absolute Gasteiger partial charge is 0.415 e. The van der Waals surface area contributed by atoms with Crippen molar-refractivity contribution < 1.29 is 18.3 Å². The first-order valence-electron chi connectivity index (χ1n) is 7.18. The Bertz CT molecular complexity index is 437. The molecule has 1 aliphatic rings. The molecule has 1 saturated carbocycles. The maximum atomic E-state index is 12.5. The van der Waals surface area contributed by atoms with Crippen molar-refractivity contribution >= 4 is 17.3 Å². The molecule has 0 amide bonds. The van der Waals surface area contributed by atoms with Gasteiger partial charge in [-0.25, -0.2) is 8.78 Å². The number of carbonyl (C=O) groups excluding carboxylic acids is 1. The molecule has 1 aromatic heterocycles. The highest BCUT2D eigenvalue weighted by Gasteiger charge is 2.27. The van der Waals surface area contributed by atoms with Gasteiger partial charge in [-0.1, -0.05) is 19.8 Å². The summed E-state index contributed by atoms with van der Waals surface area (Å²) in [6.07, 6.45) is 3.76. The first-order chi connectivity index (χ1) is 9.60. The molecule has 20 heavy (non-hydrogen) atoms. The smallest absolute Gasteiger partial charge is 0.315 e. The molecule has 1 aliphatic carbocycles. The predicted molar refractivity (Wildman–Crippen MR) is 75.3 cm³/mol. The quantitative estimate of drug-likeness (QED) is 0.699. The average Bonchev–Trinajstić information content (AvgIpc) is 2.88. The highest BCUT2D eigenvalue weighted by Crippen LogP contribution is 2.34. The second kappa shape index (κ2) is 7.16. The van der Waals surface area contributed by atoms with E-state index in [0.29, 0.717) is 0 Å². The van der Waals surface area contributed by atoms with Crippen LogP contribution in [0.1, 0.15) is 57.4 Å². The van der Waals surface area contributed by atoms with Crippen molar-refractivity contribution in [2.24, 2.45) is 11.8 Å². The summed E-state index contributed by atoms with van der Waals surface area (Å²) in [7, 11) is 0. The minimum atomic E-state index is -2.51. The van der Waals surface area contributed by atoms with Crippen LogP contribution in [-0.2, 0) is 4.79 Å². The van der Waals surface area contributed by atoms with Crippen molar-refractivity contribution in [2.75, 3.05) is 0 Å². The van der Waals surface area contributed by atoms with Crippen LogP contribution >= 0.6 is 11.3 Å². The van der Waals surface area contributed by atoms with Gasteiger partial charge in [0.1, 0.15) is 0 Å². The molecule has 2 rings (SSSR count). The summed E-state index contributed by atoms with van der Waals surface area (Å²) >= 11 is 1.06. The third-order valence-corrected chi connectivity index (χ3v) is 4.75. The zero-order valence-corrected chi connectivity index (χ0v) is 12.4. The average molecular weight is 302 g/mol. The zero-order chi connectivity index (χ0) is 14.5. The van der Waals surface area contributed by atoms with Crippen LogP contribution in [0.2, 0.25) is 0 Å². The fourth-order valence-electron chi connectivity index (χ4n) is 2.78. The molecule has 0 aromatic carbocycles. The molecule has 1 heterocycles. The lowest BCUT2D eigenvalue weighted by atomic mass is 9.80. The van der Waals surface area contributed by atoms with Gasteiger partial charge in [0.25, 0.3) is 6.43 Å². The molecule has 5 heteroatoms. The Morgan fingerprint density at radius 2 is 2.10 bits per heavy atom. The van der Waals surface area contributed by atoms with E-state index in [-0.39, 0.29) is 22.5 Å². The molecule has 0 spiro atoms. The lowest BCUT2D eigenvalue weighted by Gasteiger charge is -2.26. The van der Waals surface area contributed by atoms with Crippen LogP contribution in [0, 0.1) is 11.8 Å². The second-order valence-corrected chi connectivity index (χ2v) is 6.30. The summed E-state index contributed by atoms with van der Waals surface area (Å²) in [5.74, 6) is 0.402. The number of alkyl halides is 2. The Kier molecular flexibility index (Phi) is 5.52. The minimum Gasteiger partial charge on any atom is -0.415 e. The Morgan fingerprint density at radius 1 is 1.40 bits per heavy atom. The van der Waals surface area contributed by atoms with Gasteiger partial charge in [0.15, 0.2) is 5.06 Å². The Hall–Kier alpha value is -0.970. The summed E-state index contributed by atoms with van der Waals surface area (Å²) < 4.78 is 30.1. The van der Waals surface area contributed by atoms with Gasteiger partial charge in [-0.2, -0.15) is 0 Å². The van der Waals surface area contributed by atoms with Crippen molar-refractivity contribution in [3.8, 4) is 5.06 Å². The monoisotopic (exact) mass is 302 g/mol. The van der Waals surface area contributed by atoms with E-state index in [9.17, 15) is 13.6 Å². The van der Waals surface area contributed by atoms with Crippen molar-refractivity contribution in [1.29, 1.82) is 0 Å². The number of hydrogen-bond acceptors (Lipinski definition) is 3. The minimum absolute atomic E-state index is 0.0693. The fraction of sp³-hybridized carbons (Fsp3) is 0.667. The van der Waals surface area contributed by atoms with E-state index in [1.54, 1.807) is 0 Å². The topological polar surface area (TPSA) is 26.3 Å². The molecule has 1 aromatic rings. The number of esters is 1. The van der Waals surface area contributed by atoms with E-state index in [1.807, 2.05) is 0 Å². The Labute approximate surface area is 122 Å². The molecule has 0 aliphatic heterocycles. The van der Waals surface area contributed by atoms with Crippen molar-refractivity contribution in [2.45, 2.75) is 51.9 Å². The number of thiophene rings is 1. The maximum absolute atomic E-state index is 12.5. The molecule has 0 bridgehead atoms. The van der Waals surface area contributed by atoms with Crippen molar-refractivity contribution in [3.63, 3.8) is 0 Å². The Morgan fingerprint density at radius 3 is 2.65 bits per heavy atom. The van der Waals surface area contributed by atoms with Gasteiger partial charge in [0.05, 0.1) is 5.92 Å². The van der Waals surface area contributed by atoms with E-state index in [1.165, 1.54) is 24.3 Å². The van der Waals surface area contributed by atoms with Crippen LogP contribution in [0.3, 0.4) is 0 Å². The number of hydrogen-bond donors (Lipinski definition) is 0. The van der Waals surface area contributed by atoms with Gasteiger partial charge < -0.3 is 4.74 Å². The van der Waals surface area contributed by atoms with E-state index < -0.39 is 6.43 Å². The van der Waals surface area contributed by atoms with Crippen molar-refractivity contribution in [3.05, 3.63) is 17.0 Å². The number of carbonyl (C=O) groups is 1. The van der Waals surface area contributed by atoms with Gasteiger partial charge in [0.2, 0.25) is 0 Å². The molecule has 112 valence electrons. The van der Waals surface area contributed by atoms with Crippen LogP contribution < -0.4 is 4.74 Å². The molecule has 2 nitrogen and oxygen atoms in total. The summed E-state index contributed by atoms with van der Waals surface area (Å²) in [5, 5.41) is 1.62. The van der Waals surface area contributed by atoms with Crippen LogP contribution in [0.25, 0.3) is 0 Å². The molecular formula is C15H20F2O2S. The molecule has 0 saturated heterocycles. The van der Waals surface area contributed by atoms with Crippen molar-refractivity contribution in [1.82, 2.24) is 0 Å². The molecule has 0 radical (unpaired) electrons. The normalized spacial score (nSPS) is 23.0.